The average molecular weight is 304 g/mol. The molecule has 2 aliphatic carbocycles. The summed E-state index contributed by atoms with van der Waals surface area (Å²) in [5.74, 6) is 1.46. The van der Waals surface area contributed by atoms with Crippen LogP contribution in [0.1, 0.15) is 36.2 Å². The fourth-order valence-electron chi connectivity index (χ4n) is 2.65. The minimum absolute atomic E-state index is 0.00727. The molecule has 2 aromatic rings. The molecule has 2 heterocycles. The lowest BCUT2D eigenvalue weighted by atomic mass is 10.1. The minimum Gasteiger partial charge on any atom is -0.347 e. The van der Waals surface area contributed by atoms with Crippen LogP contribution in [0.25, 0.3) is 9.88 Å². The number of amides is 1. The summed E-state index contributed by atoms with van der Waals surface area (Å²) in [5, 5.41) is 8.08. The molecule has 104 valence electrons. The van der Waals surface area contributed by atoms with E-state index in [9.17, 15) is 4.79 Å². The number of carbonyl (C=O) groups excluding carboxylic acids is 1. The Morgan fingerprint density at radius 2 is 2.00 bits per heavy atom. The number of nitrogens with one attached hydrogen (secondary N) is 1. The molecule has 2 saturated carbocycles. The number of thiophene rings is 1. The molecular formula is C15H16N2OS2. The molecule has 1 N–H and O–H groups in total. The third-order valence-electron chi connectivity index (χ3n) is 4.03. The molecule has 0 aliphatic heterocycles. The van der Waals surface area contributed by atoms with Gasteiger partial charge in [0.1, 0.15) is 10.7 Å². The van der Waals surface area contributed by atoms with Gasteiger partial charge in [-0.2, -0.15) is 0 Å². The monoisotopic (exact) mass is 304 g/mol. The van der Waals surface area contributed by atoms with Crippen molar-refractivity contribution in [3.8, 4) is 9.88 Å². The molecule has 2 aromatic heterocycles. The van der Waals surface area contributed by atoms with Crippen molar-refractivity contribution >= 4 is 28.6 Å². The van der Waals surface area contributed by atoms with E-state index >= 15 is 0 Å². The third kappa shape index (κ3) is 2.52. The van der Waals surface area contributed by atoms with Crippen molar-refractivity contribution in [3.05, 3.63) is 28.6 Å². The number of carbonyl (C=O) groups is 1. The molecule has 4 rings (SSSR count). The molecule has 0 saturated heterocycles. The Bertz CT molecular complexity index is 600. The fraction of sp³-hybridized carbons (Fsp3) is 0.467. The number of hydrogen-bond acceptors (Lipinski definition) is 4. The topological polar surface area (TPSA) is 42.0 Å². The lowest BCUT2D eigenvalue weighted by Gasteiger charge is -2.16. The van der Waals surface area contributed by atoms with Crippen LogP contribution in [0.4, 0.5) is 0 Å². The number of thiazole rings is 1. The average Bonchev–Trinajstić information content (AvgIpc) is 3.36. The summed E-state index contributed by atoms with van der Waals surface area (Å²) >= 11 is 3.21. The van der Waals surface area contributed by atoms with E-state index in [1.165, 1.54) is 25.7 Å². The highest BCUT2D eigenvalue weighted by Crippen LogP contribution is 2.44. The summed E-state index contributed by atoms with van der Waals surface area (Å²) in [4.78, 5) is 18.0. The lowest BCUT2D eigenvalue weighted by Crippen LogP contribution is -2.38. The Morgan fingerprint density at radius 1 is 1.25 bits per heavy atom. The molecule has 1 amide bonds. The molecule has 0 radical (unpaired) electrons. The van der Waals surface area contributed by atoms with Crippen LogP contribution in [0, 0.1) is 11.8 Å². The van der Waals surface area contributed by atoms with Crippen LogP contribution in [-0.2, 0) is 0 Å². The van der Waals surface area contributed by atoms with Crippen LogP contribution in [0.3, 0.4) is 0 Å². The van der Waals surface area contributed by atoms with Gasteiger partial charge >= 0.3 is 0 Å². The van der Waals surface area contributed by atoms with Gasteiger partial charge in [-0.25, -0.2) is 4.98 Å². The fourth-order valence-corrected chi connectivity index (χ4v) is 4.26. The van der Waals surface area contributed by atoms with Gasteiger partial charge in [-0.3, -0.25) is 4.79 Å². The highest BCUT2D eigenvalue weighted by Gasteiger charge is 2.42. The zero-order valence-electron chi connectivity index (χ0n) is 11.0. The van der Waals surface area contributed by atoms with E-state index in [0.29, 0.717) is 11.7 Å². The Hall–Kier alpha value is -1.20. The predicted octanol–water partition coefficient (Wildman–Crippen LogP) is 3.79. The first-order valence-electron chi connectivity index (χ1n) is 7.11. The lowest BCUT2D eigenvalue weighted by molar-refractivity contribution is 0.0922. The predicted molar refractivity (Wildman–Crippen MR) is 82.1 cm³/mol. The largest absolute Gasteiger partial charge is 0.347 e. The van der Waals surface area contributed by atoms with Crippen LogP contribution in [0.2, 0.25) is 0 Å². The molecule has 0 aromatic carbocycles. The zero-order chi connectivity index (χ0) is 13.5. The Kier molecular flexibility index (Phi) is 3.11. The summed E-state index contributed by atoms with van der Waals surface area (Å²) in [6.07, 6.45) is 5.11. The standard InChI is InChI=1S/C15H16N2OS2/c18-14(17-13(9-3-4-9)10-5-6-10)11-8-20-15(16-11)12-2-1-7-19-12/h1-2,7-10,13H,3-6H2,(H,17,18). The first-order valence-corrected chi connectivity index (χ1v) is 8.87. The molecule has 2 fully saturated rings. The number of nitrogens with zero attached hydrogens (tertiary/aromatic N) is 1. The van der Waals surface area contributed by atoms with Gasteiger partial charge in [-0.1, -0.05) is 6.07 Å². The number of rotatable bonds is 5. The molecule has 0 unspecified atom stereocenters. The Labute approximate surface area is 126 Å². The summed E-state index contributed by atoms with van der Waals surface area (Å²) < 4.78 is 0. The molecule has 3 nitrogen and oxygen atoms in total. The SMILES string of the molecule is O=C(NC(C1CC1)C1CC1)c1csc(-c2cccs2)n1. The second kappa shape index (κ2) is 4.97. The quantitative estimate of drug-likeness (QED) is 0.913. The van der Waals surface area contributed by atoms with Crippen molar-refractivity contribution in [1.29, 1.82) is 0 Å². The highest BCUT2D eigenvalue weighted by atomic mass is 32.1. The Balaban J connectivity index is 1.48. The number of hydrogen-bond donors (Lipinski definition) is 1. The van der Waals surface area contributed by atoms with Crippen molar-refractivity contribution in [1.82, 2.24) is 10.3 Å². The van der Waals surface area contributed by atoms with Gasteiger partial charge in [0.2, 0.25) is 0 Å². The molecule has 0 atom stereocenters. The van der Waals surface area contributed by atoms with Crippen molar-refractivity contribution in [2.45, 2.75) is 31.7 Å². The molecular weight excluding hydrogens is 288 g/mol. The second-order valence-electron chi connectivity index (χ2n) is 5.69. The maximum absolute atomic E-state index is 12.3. The van der Waals surface area contributed by atoms with Crippen LogP contribution in [-0.4, -0.2) is 16.9 Å². The van der Waals surface area contributed by atoms with Gasteiger partial charge in [0.05, 0.1) is 4.88 Å². The van der Waals surface area contributed by atoms with Gasteiger partial charge in [0.25, 0.3) is 5.91 Å². The van der Waals surface area contributed by atoms with E-state index in [0.717, 1.165) is 21.7 Å². The maximum atomic E-state index is 12.3. The van der Waals surface area contributed by atoms with Crippen LogP contribution in [0.15, 0.2) is 22.9 Å². The van der Waals surface area contributed by atoms with E-state index in [-0.39, 0.29) is 5.91 Å². The van der Waals surface area contributed by atoms with E-state index in [1.54, 1.807) is 22.7 Å². The van der Waals surface area contributed by atoms with Crippen LogP contribution in [0.5, 0.6) is 0 Å². The van der Waals surface area contributed by atoms with E-state index in [1.807, 2.05) is 22.9 Å². The van der Waals surface area contributed by atoms with Gasteiger partial charge in [0, 0.05) is 11.4 Å². The summed E-state index contributed by atoms with van der Waals surface area (Å²) in [7, 11) is 0. The first-order chi connectivity index (χ1) is 9.81. The summed E-state index contributed by atoms with van der Waals surface area (Å²) in [5.41, 5.74) is 0.574. The third-order valence-corrected chi connectivity index (χ3v) is 5.91. The van der Waals surface area contributed by atoms with Gasteiger partial charge in [-0.05, 0) is 49.0 Å². The molecule has 5 heteroatoms. The van der Waals surface area contributed by atoms with Crippen molar-refractivity contribution in [2.24, 2.45) is 11.8 Å². The maximum Gasteiger partial charge on any atom is 0.271 e. The van der Waals surface area contributed by atoms with Gasteiger partial charge in [0.15, 0.2) is 0 Å². The van der Waals surface area contributed by atoms with E-state index < -0.39 is 0 Å². The second-order valence-corrected chi connectivity index (χ2v) is 7.50. The Morgan fingerprint density at radius 3 is 2.60 bits per heavy atom. The smallest absolute Gasteiger partial charge is 0.271 e. The van der Waals surface area contributed by atoms with Crippen molar-refractivity contribution in [2.75, 3.05) is 0 Å². The number of aromatic nitrogens is 1. The summed E-state index contributed by atoms with van der Waals surface area (Å²) in [6.45, 7) is 0. The van der Waals surface area contributed by atoms with Gasteiger partial charge < -0.3 is 5.32 Å². The minimum atomic E-state index is 0.00727. The zero-order valence-corrected chi connectivity index (χ0v) is 12.7. The first kappa shape index (κ1) is 12.5. The van der Waals surface area contributed by atoms with Crippen LogP contribution >= 0.6 is 22.7 Å². The molecule has 0 spiro atoms. The van der Waals surface area contributed by atoms with Crippen LogP contribution < -0.4 is 5.32 Å². The van der Waals surface area contributed by atoms with Crippen molar-refractivity contribution < 1.29 is 4.79 Å². The molecule has 0 bridgehead atoms. The molecule has 20 heavy (non-hydrogen) atoms. The van der Waals surface area contributed by atoms with Crippen molar-refractivity contribution in [3.63, 3.8) is 0 Å². The van der Waals surface area contributed by atoms with Gasteiger partial charge in [-0.15, -0.1) is 22.7 Å². The highest BCUT2D eigenvalue weighted by molar-refractivity contribution is 7.20. The molecule has 2 aliphatic rings. The summed E-state index contributed by atoms with van der Waals surface area (Å²) in [6, 6.07) is 4.45. The van der Waals surface area contributed by atoms with E-state index in [4.69, 9.17) is 0 Å². The normalized spacial score (nSPS) is 18.4. The van der Waals surface area contributed by atoms with E-state index in [2.05, 4.69) is 10.3 Å².